The second kappa shape index (κ2) is 5.92. The fourth-order valence-corrected chi connectivity index (χ4v) is 3.46. The van der Waals surface area contributed by atoms with Crippen molar-refractivity contribution in [3.63, 3.8) is 0 Å². The molecular weight excluding hydrogens is 318 g/mol. The lowest BCUT2D eigenvalue weighted by atomic mass is 9.88. The van der Waals surface area contributed by atoms with E-state index >= 15 is 0 Å². The van der Waals surface area contributed by atoms with Crippen LogP contribution in [0.5, 0.6) is 5.75 Å². The first-order valence-electron chi connectivity index (χ1n) is 8.41. The first-order chi connectivity index (χ1) is 12.1. The molecular formula is C20H19NO4. The number of cyclic esters (lactones) is 1. The molecule has 4 rings (SSSR count). The average Bonchev–Trinajstić information content (AvgIpc) is 2.62. The predicted octanol–water partition coefficient (Wildman–Crippen LogP) is 2.80. The van der Waals surface area contributed by atoms with E-state index in [9.17, 15) is 9.59 Å². The molecule has 0 bridgehead atoms. The van der Waals surface area contributed by atoms with Crippen LogP contribution in [0, 0.1) is 0 Å². The minimum atomic E-state index is -1.21. The van der Waals surface area contributed by atoms with E-state index in [1.807, 2.05) is 36.4 Å². The molecule has 0 aromatic heterocycles. The number of benzene rings is 2. The van der Waals surface area contributed by atoms with E-state index in [1.165, 1.54) is 0 Å². The SMILES string of the molecule is C[C@@]1(C(=O)N[C@H]2CCOc3ccccc32)Cc2ccccc2C(=O)O1. The van der Waals surface area contributed by atoms with Gasteiger partial charge in [-0.1, -0.05) is 36.4 Å². The topological polar surface area (TPSA) is 64.6 Å². The highest BCUT2D eigenvalue weighted by atomic mass is 16.6. The molecule has 2 atom stereocenters. The summed E-state index contributed by atoms with van der Waals surface area (Å²) in [7, 11) is 0. The third-order valence-electron chi connectivity index (χ3n) is 4.83. The van der Waals surface area contributed by atoms with Crippen LogP contribution in [0.25, 0.3) is 0 Å². The van der Waals surface area contributed by atoms with Crippen molar-refractivity contribution in [2.45, 2.75) is 31.4 Å². The number of esters is 1. The molecule has 0 spiro atoms. The van der Waals surface area contributed by atoms with E-state index in [1.54, 1.807) is 19.1 Å². The molecule has 0 radical (unpaired) electrons. The third kappa shape index (κ3) is 2.76. The van der Waals surface area contributed by atoms with Gasteiger partial charge in [0, 0.05) is 18.4 Å². The third-order valence-corrected chi connectivity index (χ3v) is 4.83. The molecule has 5 nitrogen and oxygen atoms in total. The van der Waals surface area contributed by atoms with Crippen LogP contribution in [-0.2, 0) is 16.0 Å². The first kappa shape index (κ1) is 15.7. The summed E-state index contributed by atoms with van der Waals surface area (Å²) < 4.78 is 11.1. The highest BCUT2D eigenvalue weighted by Gasteiger charge is 2.43. The van der Waals surface area contributed by atoms with Crippen LogP contribution in [0.1, 0.15) is 40.9 Å². The van der Waals surface area contributed by atoms with E-state index in [4.69, 9.17) is 9.47 Å². The van der Waals surface area contributed by atoms with Crippen molar-refractivity contribution in [1.82, 2.24) is 5.32 Å². The maximum Gasteiger partial charge on any atom is 0.339 e. The summed E-state index contributed by atoms with van der Waals surface area (Å²) in [6, 6.07) is 14.8. The molecule has 25 heavy (non-hydrogen) atoms. The number of carbonyl (C=O) groups is 2. The molecule has 2 aromatic carbocycles. The van der Waals surface area contributed by atoms with Gasteiger partial charge in [-0.25, -0.2) is 4.79 Å². The maximum absolute atomic E-state index is 12.9. The van der Waals surface area contributed by atoms with Crippen LogP contribution in [-0.4, -0.2) is 24.1 Å². The number of fused-ring (bicyclic) bond motifs is 2. The zero-order valence-corrected chi connectivity index (χ0v) is 14.0. The lowest BCUT2D eigenvalue weighted by molar-refractivity contribution is -0.140. The largest absolute Gasteiger partial charge is 0.493 e. The summed E-state index contributed by atoms with van der Waals surface area (Å²) in [5.41, 5.74) is 1.11. The summed E-state index contributed by atoms with van der Waals surface area (Å²) in [5.74, 6) is 0.0547. The van der Waals surface area contributed by atoms with Gasteiger partial charge in [-0.2, -0.15) is 0 Å². The second-order valence-electron chi connectivity index (χ2n) is 6.66. The number of rotatable bonds is 2. The fraction of sp³-hybridized carbons (Fsp3) is 0.300. The molecule has 0 fully saturated rings. The molecule has 2 heterocycles. The van der Waals surface area contributed by atoms with Crippen LogP contribution < -0.4 is 10.1 Å². The number of carbonyl (C=O) groups excluding carboxylic acids is 2. The van der Waals surface area contributed by atoms with Crippen molar-refractivity contribution < 1.29 is 19.1 Å². The van der Waals surface area contributed by atoms with Gasteiger partial charge in [0.1, 0.15) is 5.75 Å². The Morgan fingerprint density at radius 3 is 2.80 bits per heavy atom. The number of nitrogens with one attached hydrogen (secondary N) is 1. The van der Waals surface area contributed by atoms with Crippen LogP contribution >= 0.6 is 0 Å². The molecule has 0 aliphatic carbocycles. The number of para-hydroxylation sites is 1. The van der Waals surface area contributed by atoms with Crippen molar-refractivity contribution >= 4 is 11.9 Å². The number of hydrogen-bond donors (Lipinski definition) is 1. The normalized spacial score (nSPS) is 24.4. The monoisotopic (exact) mass is 337 g/mol. The Balaban J connectivity index is 1.57. The van der Waals surface area contributed by atoms with E-state index < -0.39 is 11.6 Å². The van der Waals surface area contributed by atoms with Crippen molar-refractivity contribution in [1.29, 1.82) is 0 Å². The van der Waals surface area contributed by atoms with E-state index in [-0.39, 0.29) is 11.9 Å². The van der Waals surface area contributed by atoms with Crippen LogP contribution in [0.2, 0.25) is 0 Å². The lowest BCUT2D eigenvalue weighted by Crippen LogP contribution is -2.52. The Morgan fingerprint density at radius 2 is 1.92 bits per heavy atom. The molecule has 5 heteroatoms. The highest BCUT2D eigenvalue weighted by molar-refractivity contribution is 5.97. The van der Waals surface area contributed by atoms with Crippen molar-refractivity contribution in [2.24, 2.45) is 0 Å². The van der Waals surface area contributed by atoms with Crippen molar-refractivity contribution in [2.75, 3.05) is 6.61 Å². The summed E-state index contributed by atoms with van der Waals surface area (Å²) in [6.45, 7) is 2.21. The van der Waals surface area contributed by atoms with Gasteiger partial charge < -0.3 is 14.8 Å². The Labute approximate surface area is 145 Å². The summed E-state index contributed by atoms with van der Waals surface area (Å²) in [6.07, 6.45) is 1.05. The highest BCUT2D eigenvalue weighted by Crippen LogP contribution is 2.33. The molecule has 0 saturated heterocycles. The Hall–Kier alpha value is -2.82. The Kier molecular flexibility index (Phi) is 3.71. The van der Waals surface area contributed by atoms with Gasteiger partial charge in [0.15, 0.2) is 5.60 Å². The Bertz CT molecular complexity index is 847. The number of hydrogen-bond acceptors (Lipinski definition) is 4. The summed E-state index contributed by atoms with van der Waals surface area (Å²) >= 11 is 0. The average molecular weight is 337 g/mol. The van der Waals surface area contributed by atoms with E-state index in [2.05, 4.69) is 5.32 Å². The van der Waals surface area contributed by atoms with Gasteiger partial charge in [-0.05, 0) is 24.6 Å². The molecule has 2 aliphatic rings. The van der Waals surface area contributed by atoms with Gasteiger partial charge in [0.2, 0.25) is 0 Å². The summed E-state index contributed by atoms with van der Waals surface area (Å²) in [4.78, 5) is 25.2. The predicted molar refractivity (Wildman–Crippen MR) is 91.4 cm³/mol. The van der Waals surface area contributed by atoms with Crippen molar-refractivity contribution in [3.05, 3.63) is 65.2 Å². The second-order valence-corrected chi connectivity index (χ2v) is 6.66. The van der Waals surface area contributed by atoms with Gasteiger partial charge in [-0.3, -0.25) is 4.79 Å². The van der Waals surface area contributed by atoms with Gasteiger partial charge in [0.25, 0.3) is 5.91 Å². The zero-order valence-electron chi connectivity index (χ0n) is 14.0. The molecule has 1 amide bonds. The van der Waals surface area contributed by atoms with E-state index in [0.29, 0.717) is 25.0 Å². The number of amides is 1. The van der Waals surface area contributed by atoms with Gasteiger partial charge >= 0.3 is 5.97 Å². The minimum absolute atomic E-state index is 0.148. The first-order valence-corrected chi connectivity index (χ1v) is 8.41. The minimum Gasteiger partial charge on any atom is -0.493 e. The Morgan fingerprint density at radius 1 is 1.16 bits per heavy atom. The quantitative estimate of drug-likeness (QED) is 0.856. The maximum atomic E-state index is 12.9. The molecule has 2 aromatic rings. The van der Waals surface area contributed by atoms with E-state index in [0.717, 1.165) is 16.9 Å². The van der Waals surface area contributed by atoms with Crippen LogP contribution in [0.4, 0.5) is 0 Å². The fourth-order valence-electron chi connectivity index (χ4n) is 3.46. The molecule has 2 aliphatic heterocycles. The zero-order chi connectivity index (χ0) is 17.4. The molecule has 0 saturated carbocycles. The summed E-state index contributed by atoms with van der Waals surface area (Å²) in [5, 5.41) is 3.04. The van der Waals surface area contributed by atoms with Crippen LogP contribution in [0.3, 0.4) is 0 Å². The van der Waals surface area contributed by atoms with Gasteiger partial charge in [0.05, 0.1) is 18.2 Å². The van der Waals surface area contributed by atoms with Gasteiger partial charge in [-0.15, -0.1) is 0 Å². The number of ether oxygens (including phenoxy) is 2. The van der Waals surface area contributed by atoms with Crippen molar-refractivity contribution in [3.8, 4) is 5.75 Å². The van der Waals surface area contributed by atoms with Crippen LogP contribution in [0.15, 0.2) is 48.5 Å². The standard InChI is InChI=1S/C20H19NO4/c1-20(12-13-6-2-3-7-14(13)18(22)25-20)19(23)21-16-10-11-24-17-9-5-4-8-15(16)17/h2-9,16H,10-12H2,1H3,(H,21,23)/t16-,20-/m0/s1. The molecule has 0 unspecified atom stereocenters. The molecule has 1 N–H and O–H groups in total. The molecule has 128 valence electrons. The lowest BCUT2D eigenvalue weighted by Gasteiger charge is -2.35. The smallest absolute Gasteiger partial charge is 0.339 e.